The fourth-order valence-corrected chi connectivity index (χ4v) is 5.44. The Kier molecular flexibility index (Phi) is 5.48. The minimum absolute atomic E-state index is 0.102. The molecule has 0 aliphatic carbocycles. The molecule has 0 unspecified atom stereocenters. The highest BCUT2D eigenvalue weighted by molar-refractivity contribution is 7.98. The second-order valence-corrected chi connectivity index (χ2v) is 9.29. The van der Waals surface area contributed by atoms with E-state index in [1.54, 1.807) is 16.7 Å². The van der Waals surface area contributed by atoms with Crippen molar-refractivity contribution in [3.63, 3.8) is 0 Å². The smallest absolute Gasteiger partial charge is 0.336 e. The lowest BCUT2D eigenvalue weighted by Crippen LogP contribution is -2.22. The van der Waals surface area contributed by atoms with Gasteiger partial charge in [0.25, 0.3) is 5.56 Å². The van der Waals surface area contributed by atoms with E-state index in [0.29, 0.717) is 38.6 Å². The molecule has 0 aliphatic rings. The Morgan fingerprint density at radius 2 is 2.10 bits per heavy atom. The van der Waals surface area contributed by atoms with Crippen molar-refractivity contribution in [2.45, 2.75) is 31.3 Å². The predicted molar refractivity (Wildman–Crippen MR) is 122 cm³/mol. The van der Waals surface area contributed by atoms with Crippen LogP contribution in [-0.2, 0) is 12.3 Å². The molecule has 0 radical (unpaired) electrons. The van der Waals surface area contributed by atoms with Gasteiger partial charge in [-0.2, -0.15) is 0 Å². The summed E-state index contributed by atoms with van der Waals surface area (Å²) in [5.41, 5.74) is 1.23. The Morgan fingerprint density at radius 3 is 2.83 bits per heavy atom. The molecule has 0 saturated heterocycles. The van der Waals surface area contributed by atoms with E-state index in [2.05, 4.69) is 6.58 Å². The van der Waals surface area contributed by atoms with Crippen molar-refractivity contribution in [3.8, 4) is 5.75 Å². The van der Waals surface area contributed by atoms with Gasteiger partial charge in [0.05, 0.1) is 10.4 Å². The van der Waals surface area contributed by atoms with E-state index in [-0.39, 0.29) is 21.9 Å². The molecule has 154 valence electrons. The van der Waals surface area contributed by atoms with Crippen LogP contribution in [0.15, 0.2) is 50.0 Å². The minimum atomic E-state index is -0.531. The van der Waals surface area contributed by atoms with Gasteiger partial charge in [0, 0.05) is 34.7 Å². The molecule has 0 bridgehead atoms. The number of hydrogen-bond acceptors (Lipinski definition) is 7. The first-order chi connectivity index (χ1) is 14.3. The molecule has 0 spiro atoms. The monoisotopic (exact) mass is 460 g/mol. The molecule has 4 aromatic rings. The number of thiophene rings is 1. The second kappa shape index (κ2) is 7.94. The Bertz CT molecular complexity index is 1440. The van der Waals surface area contributed by atoms with Crippen molar-refractivity contribution in [2.75, 3.05) is 0 Å². The number of halogens is 1. The number of nitrogens with zero attached hydrogens (tertiary/aromatic N) is 2. The van der Waals surface area contributed by atoms with Crippen LogP contribution >= 0.6 is 34.7 Å². The van der Waals surface area contributed by atoms with Crippen molar-refractivity contribution < 1.29 is 9.52 Å². The lowest BCUT2D eigenvalue weighted by Gasteiger charge is -2.11. The number of hydrogen-bond donors (Lipinski definition) is 1. The van der Waals surface area contributed by atoms with Gasteiger partial charge in [-0.1, -0.05) is 29.4 Å². The second-order valence-electron chi connectivity index (χ2n) is 6.74. The molecule has 0 atom stereocenters. The molecule has 4 rings (SSSR count). The average Bonchev–Trinajstić information content (AvgIpc) is 2.97. The van der Waals surface area contributed by atoms with Crippen LogP contribution < -0.4 is 11.2 Å². The Morgan fingerprint density at radius 1 is 1.33 bits per heavy atom. The van der Waals surface area contributed by atoms with Crippen molar-refractivity contribution in [3.05, 3.63) is 72.7 Å². The predicted octanol–water partition coefficient (Wildman–Crippen LogP) is 5.02. The fourth-order valence-electron chi connectivity index (χ4n) is 3.21. The molecular formula is C21H17ClN2O4S2. The van der Waals surface area contributed by atoms with Gasteiger partial charge in [-0.3, -0.25) is 9.36 Å². The summed E-state index contributed by atoms with van der Waals surface area (Å²) >= 11 is 8.87. The van der Waals surface area contributed by atoms with Gasteiger partial charge in [-0.25, -0.2) is 9.78 Å². The minimum Gasteiger partial charge on any atom is -0.506 e. The lowest BCUT2D eigenvalue weighted by atomic mass is 10.1. The molecule has 0 amide bonds. The quantitative estimate of drug-likeness (QED) is 0.195. The number of aromatic nitrogens is 2. The highest BCUT2D eigenvalue weighted by Gasteiger charge is 2.17. The molecule has 3 heterocycles. The zero-order valence-electron chi connectivity index (χ0n) is 16.2. The highest BCUT2D eigenvalue weighted by atomic mass is 35.5. The molecule has 0 saturated carbocycles. The van der Waals surface area contributed by atoms with Crippen LogP contribution in [0.25, 0.3) is 21.2 Å². The van der Waals surface area contributed by atoms with Crippen molar-refractivity contribution in [1.29, 1.82) is 0 Å². The Balaban J connectivity index is 1.81. The van der Waals surface area contributed by atoms with Crippen molar-refractivity contribution >= 4 is 55.9 Å². The number of rotatable bonds is 5. The molecular weight excluding hydrogens is 444 g/mol. The van der Waals surface area contributed by atoms with Crippen LogP contribution in [0.4, 0.5) is 0 Å². The normalized spacial score (nSPS) is 11.4. The van der Waals surface area contributed by atoms with Gasteiger partial charge < -0.3 is 9.52 Å². The van der Waals surface area contributed by atoms with Gasteiger partial charge in [0.2, 0.25) is 0 Å². The number of phenolic OH excluding ortho intramolecular Hbond substituents is 1. The van der Waals surface area contributed by atoms with E-state index in [0.717, 1.165) is 10.4 Å². The van der Waals surface area contributed by atoms with E-state index in [9.17, 15) is 14.7 Å². The maximum absolute atomic E-state index is 13.1. The summed E-state index contributed by atoms with van der Waals surface area (Å²) in [6.07, 6.45) is 1.66. The standard InChI is InChI=1S/C21H17ClN2O4S2/c1-4-5-24-20(27)18-10(2)11(3)30-19(18)23-21(24)29-9-12-6-17(26)28-16-8-15(25)14(22)7-13(12)16/h4,6-8,25H,1,5,9H2,2-3H3. The topological polar surface area (TPSA) is 85.3 Å². The first-order valence-corrected chi connectivity index (χ1v) is 11.2. The third-order valence-corrected chi connectivity index (χ3v) is 7.25. The molecule has 3 aromatic heterocycles. The summed E-state index contributed by atoms with van der Waals surface area (Å²) in [5.74, 6) is 0.203. The van der Waals surface area contributed by atoms with Crippen LogP contribution in [0.3, 0.4) is 0 Å². The molecule has 1 aromatic carbocycles. The number of allylic oxidation sites excluding steroid dienone is 1. The van der Waals surface area contributed by atoms with Gasteiger partial charge in [0.1, 0.15) is 16.2 Å². The molecule has 9 heteroatoms. The summed E-state index contributed by atoms with van der Waals surface area (Å²) in [7, 11) is 0. The summed E-state index contributed by atoms with van der Waals surface area (Å²) in [5, 5.41) is 11.8. The first kappa shape index (κ1) is 20.7. The lowest BCUT2D eigenvalue weighted by molar-refractivity contribution is 0.473. The van der Waals surface area contributed by atoms with Crippen LogP contribution in [0.5, 0.6) is 5.75 Å². The van der Waals surface area contributed by atoms with Gasteiger partial charge in [-0.05, 0) is 31.0 Å². The van der Waals surface area contributed by atoms with E-state index >= 15 is 0 Å². The zero-order valence-corrected chi connectivity index (χ0v) is 18.6. The van der Waals surface area contributed by atoms with Gasteiger partial charge in [-0.15, -0.1) is 17.9 Å². The number of benzene rings is 1. The summed E-state index contributed by atoms with van der Waals surface area (Å²) in [6, 6.07) is 4.27. The maximum Gasteiger partial charge on any atom is 0.336 e. The SMILES string of the molecule is C=CCn1c(SCc2cc(=O)oc3cc(O)c(Cl)cc23)nc2sc(C)c(C)c2c1=O. The highest BCUT2D eigenvalue weighted by Crippen LogP contribution is 2.33. The molecule has 0 fully saturated rings. The van der Waals surface area contributed by atoms with Crippen LogP contribution in [0, 0.1) is 13.8 Å². The van der Waals surface area contributed by atoms with Gasteiger partial charge in [0.15, 0.2) is 5.16 Å². The molecule has 1 N–H and O–H groups in total. The summed E-state index contributed by atoms with van der Waals surface area (Å²) in [4.78, 5) is 31.5. The average molecular weight is 461 g/mol. The maximum atomic E-state index is 13.1. The van der Waals surface area contributed by atoms with E-state index in [1.165, 1.54) is 35.2 Å². The number of phenols is 1. The Hall–Kier alpha value is -2.55. The number of fused-ring (bicyclic) bond motifs is 2. The Labute approximate surface area is 184 Å². The van der Waals surface area contributed by atoms with Crippen molar-refractivity contribution in [1.82, 2.24) is 9.55 Å². The number of thioether (sulfide) groups is 1. The van der Waals surface area contributed by atoms with E-state index in [4.69, 9.17) is 21.0 Å². The summed E-state index contributed by atoms with van der Waals surface area (Å²) < 4.78 is 6.77. The molecule has 30 heavy (non-hydrogen) atoms. The summed E-state index contributed by atoms with van der Waals surface area (Å²) in [6.45, 7) is 7.98. The molecule has 6 nitrogen and oxygen atoms in total. The van der Waals surface area contributed by atoms with Crippen molar-refractivity contribution in [2.24, 2.45) is 0 Å². The molecule has 0 aliphatic heterocycles. The first-order valence-electron chi connectivity index (χ1n) is 8.99. The fraction of sp³-hybridized carbons (Fsp3) is 0.190. The largest absolute Gasteiger partial charge is 0.506 e. The van der Waals surface area contributed by atoms with E-state index < -0.39 is 5.63 Å². The third kappa shape index (κ3) is 3.55. The van der Waals surface area contributed by atoms with Gasteiger partial charge >= 0.3 is 5.63 Å². The number of aromatic hydroxyl groups is 1. The van der Waals surface area contributed by atoms with Crippen LogP contribution in [-0.4, -0.2) is 14.7 Å². The van der Waals surface area contributed by atoms with Crippen LogP contribution in [0.2, 0.25) is 5.02 Å². The van der Waals surface area contributed by atoms with Crippen LogP contribution in [0.1, 0.15) is 16.0 Å². The number of aryl methyl sites for hydroxylation is 2. The third-order valence-electron chi connectivity index (χ3n) is 4.82. The zero-order chi connectivity index (χ0) is 21.6. The van der Waals surface area contributed by atoms with E-state index in [1.807, 2.05) is 13.8 Å².